The minimum atomic E-state index is -2.67. The first-order valence-corrected chi connectivity index (χ1v) is 29.9. The summed E-state index contributed by atoms with van der Waals surface area (Å²) in [6.07, 6.45) is 3.11. The fraction of sp³-hybridized carbons (Fsp3) is 0.316. The molecule has 3 heterocycles. The van der Waals surface area contributed by atoms with Crippen molar-refractivity contribution in [2.45, 2.75) is 163 Å². The average Bonchev–Trinajstić information content (AvgIpc) is 1.57. The normalized spacial score (nSPS) is 16.2. The van der Waals surface area contributed by atoms with Crippen LogP contribution in [-0.2, 0) is 32.5 Å². The summed E-state index contributed by atoms with van der Waals surface area (Å²) >= 11 is 0. The van der Waals surface area contributed by atoms with Gasteiger partial charge in [-0.05, 0) is 159 Å². The second-order valence-electron chi connectivity index (χ2n) is 29.0. The number of rotatable bonds is 8. The summed E-state index contributed by atoms with van der Waals surface area (Å²) in [6.45, 7) is 32.6. The van der Waals surface area contributed by atoms with Crippen molar-refractivity contribution in [3.8, 4) is 50.7 Å². The van der Waals surface area contributed by atoms with Crippen LogP contribution in [0.1, 0.15) is 171 Å². The molecular formula is C79H84N4O+2. The van der Waals surface area contributed by atoms with Crippen LogP contribution in [0, 0.1) is 6.85 Å². The molecule has 5 nitrogen and oxygen atoms in total. The summed E-state index contributed by atoms with van der Waals surface area (Å²) in [5, 5.41) is 1.88. The summed E-state index contributed by atoms with van der Waals surface area (Å²) in [6, 6.07) is 57.4. The maximum atomic E-state index is 9.78. The third kappa shape index (κ3) is 10.2. The molecule has 8 aromatic carbocycles. The highest BCUT2D eigenvalue weighted by Crippen LogP contribution is 2.50. The van der Waals surface area contributed by atoms with E-state index in [0.717, 1.165) is 85.2 Å². The van der Waals surface area contributed by atoms with Gasteiger partial charge in [0.15, 0.2) is 0 Å². The molecule has 0 radical (unpaired) electrons. The molecule has 0 fully saturated rings. The van der Waals surface area contributed by atoms with Crippen LogP contribution in [0.4, 0.5) is 22.7 Å². The first-order chi connectivity index (χ1) is 42.0. The van der Waals surface area contributed by atoms with E-state index in [1.165, 1.54) is 22.9 Å². The molecule has 2 aliphatic rings. The van der Waals surface area contributed by atoms with Crippen molar-refractivity contribution >= 4 is 50.6 Å². The first-order valence-electron chi connectivity index (χ1n) is 32.9. The van der Waals surface area contributed by atoms with Gasteiger partial charge in [-0.1, -0.05) is 208 Å². The van der Waals surface area contributed by atoms with Crippen LogP contribution in [0.15, 0.2) is 176 Å². The van der Waals surface area contributed by atoms with Crippen molar-refractivity contribution in [2.24, 2.45) is 0 Å². The molecule has 0 atom stereocenters. The number of aromatic nitrogens is 2. The predicted octanol–water partition coefficient (Wildman–Crippen LogP) is 21.7. The highest BCUT2D eigenvalue weighted by molar-refractivity contribution is 6.10. The van der Waals surface area contributed by atoms with Gasteiger partial charge in [-0.2, -0.15) is 0 Å². The molecule has 0 spiro atoms. The average molecular weight is 1110 g/mol. The molecule has 2 aromatic heterocycles. The van der Waals surface area contributed by atoms with Gasteiger partial charge in [-0.15, -0.1) is 0 Å². The SMILES string of the molecule is [2H]c1c([2H])c2c(c([2H])c1-c1cnc(-n3c4cc(Oc5cccc([N+]6=C=[N+](c7c(-c8cccc(C(C)(C)C)c8)cc(C(C)(C)C)cc7-c7cccc(C(C)(C)C)c7)c7ccccc76)c5)ccc4c4ccc(C(C)(C)C)cc43)cc1C([2H])([2H])[2H])C(C)(C)CCC2(C)C. The lowest BCUT2D eigenvalue weighted by Crippen LogP contribution is -2.33. The van der Waals surface area contributed by atoms with Crippen molar-refractivity contribution in [2.75, 3.05) is 0 Å². The number of benzene rings is 8. The summed E-state index contributed by atoms with van der Waals surface area (Å²) in [4.78, 5) is 5.08. The topological polar surface area (TPSA) is 33.1 Å². The number of hydrogen-bond donors (Lipinski definition) is 0. The summed E-state index contributed by atoms with van der Waals surface area (Å²) < 4.78 is 69.1. The molecule has 0 amide bonds. The number of para-hydroxylation sites is 2. The number of aryl methyl sites for hydroxylation is 1. The minimum absolute atomic E-state index is 0.0363. The molecule has 0 saturated carbocycles. The van der Waals surface area contributed by atoms with Crippen molar-refractivity contribution < 1.29 is 13.0 Å². The number of ether oxygens (including phenoxy) is 1. The maximum Gasteiger partial charge on any atom is 0.503 e. The standard InChI is InChI=1S/C79H84N4O/c1-50-39-72(80-48-65(50)53-31-36-66-67(42-53)79(16,17)38-37-78(66,14)15)83-70-45-56(76(8,9)10)32-34-61(70)62-35-33-60(47-71(62)83)84-59-28-22-27-58(46-59)81-49-82(69-30-19-18-29-68(69)81)73-63(51-23-20-25-54(40-51)74(2,3)4)43-57(77(11,12)13)44-64(73)52-24-21-26-55(41-52)75(5,6)7/h18-36,39-48H,37-38H2,1-17H3/q+2/i1D3,31D,36D,42D. The molecule has 424 valence electrons. The summed E-state index contributed by atoms with van der Waals surface area (Å²) in [7, 11) is 0. The zero-order valence-electron chi connectivity index (χ0n) is 58.1. The van der Waals surface area contributed by atoms with E-state index in [0.29, 0.717) is 28.4 Å². The van der Waals surface area contributed by atoms with Gasteiger partial charge >= 0.3 is 6.01 Å². The van der Waals surface area contributed by atoms with E-state index in [1.807, 2.05) is 34.9 Å². The van der Waals surface area contributed by atoms with Crippen LogP contribution in [0.25, 0.3) is 61.0 Å². The number of nitrogens with zero attached hydrogens (tertiary/aromatic N) is 4. The third-order valence-corrected chi connectivity index (χ3v) is 17.7. The molecule has 0 bridgehead atoms. The number of hydrogen-bond acceptors (Lipinski definition) is 2. The second kappa shape index (κ2) is 20.0. The Morgan fingerprint density at radius 2 is 1.06 bits per heavy atom. The van der Waals surface area contributed by atoms with Crippen molar-refractivity contribution in [1.82, 2.24) is 18.7 Å². The van der Waals surface area contributed by atoms with Crippen LogP contribution >= 0.6 is 0 Å². The van der Waals surface area contributed by atoms with E-state index in [-0.39, 0.29) is 56.5 Å². The van der Waals surface area contributed by atoms with Crippen LogP contribution in [-0.4, -0.2) is 15.6 Å². The molecule has 10 aromatic rings. The highest BCUT2D eigenvalue weighted by atomic mass is 16.5. The smallest absolute Gasteiger partial charge is 0.457 e. The number of fused-ring (bicyclic) bond motifs is 5. The van der Waals surface area contributed by atoms with Gasteiger partial charge < -0.3 is 4.74 Å². The second-order valence-corrected chi connectivity index (χ2v) is 29.0. The maximum absolute atomic E-state index is 9.78. The lowest BCUT2D eigenvalue weighted by molar-refractivity contribution is 0.332. The molecule has 5 heteroatoms. The number of pyridine rings is 1. The lowest BCUT2D eigenvalue weighted by atomic mass is 9.63. The Morgan fingerprint density at radius 3 is 1.67 bits per heavy atom. The Hall–Kier alpha value is -8.11. The van der Waals surface area contributed by atoms with Gasteiger partial charge in [0, 0.05) is 50.9 Å². The molecule has 12 rings (SSSR count). The molecule has 0 saturated heterocycles. The van der Waals surface area contributed by atoms with Gasteiger partial charge in [0.05, 0.1) is 32.3 Å². The van der Waals surface area contributed by atoms with E-state index >= 15 is 0 Å². The van der Waals surface area contributed by atoms with Crippen molar-refractivity contribution in [3.63, 3.8) is 0 Å². The van der Waals surface area contributed by atoms with E-state index in [4.69, 9.17) is 13.8 Å². The molecule has 0 N–H and O–H groups in total. The predicted molar refractivity (Wildman–Crippen MR) is 357 cm³/mol. The third-order valence-electron chi connectivity index (χ3n) is 17.7. The van der Waals surface area contributed by atoms with Crippen molar-refractivity contribution in [3.05, 3.63) is 215 Å². The Kier molecular flexibility index (Phi) is 11.8. The van der Waals surface area contributed by atoms with Gasteiger partial charge in [0.1, 0.15) is 17.3 Å². The van der Waals surface area contributed by atoms with Gasteiger partial charge in [0.25, 0.3) is 11.4 Å². The van der Waals surface area contributed by atoms with Crippen LogP contribution in [0.3, 0.4) is 0 Å². The molecule has 0 unspecified atom stereocenters. The van der Waals surface area contributed by atoms with Gasteiger partial charge in [-0.3, -0.25) is 4.57 Å². The largest absolute Gasteiger partial charge is 0.503 e. The summed E-state index contributed by atoms with van der Waals surface area (Å²) in [5.74, 6) is 1.53. The Bertz CT molecular complexity index is 4600. The quantitative estimate of drug-likeness (QED) is 0.142. The van der Waals surface area contributed by atoms with E-state index in [2.05, 4.69) is 241 Å². The highest BCUT2D eigenvalue weighted by Gasteiger charge is 2.41. The van der Waals surface area contributed by atoms with Crippen LogP contribution in [0.2, 0.25) is 0 Å². The zero-order valence-corrected chi connectivity index (χ0v) is 52.1. The van der Waals surface area contributed by atoms with E-state index < -0.39 is 17.7 Å². The monoisotopic (exact) mass is 1110 g/mol. The molecular weight excluding hydrogens is 1020 g/mol. The van der Waals surface area contributed by atoms with Gasteiger partial charge in [-0.25, -0.2) is 4.98 Å². The van der Waals surface area contributed by atoms with Crippen molar-refractivity contribution in [1.29, 1.82) is 0 Å². The Morgan fingerprint density at radius 1 is 0.512 bits per heavy atom. The molecule has 84 heavy (non-hydrogen) atoms. The zero-order chi connectivity index (χ0) is 64.7. The first kappa shape index (κ1) is 49.3. The fourth-order valence-electron chi connectivity index (χ4n) is 12.3. The summed E-state index contributed by atoms with van der Waals surface area (Å²) in [5.41, 5.74) is 15.0. The van der Waals surface area contributed by atoms with E-state index in [9.17, 15) is 4.11 Å². The molecule has 1 aliphatic carbocycles. The van der Waals surface area contributed by atoms with Crippen LogP contribution in [0.5, 0.6) is 11.5 Å². The Labute approximate surface area is 508 Å². The van der Waals surface area contributed by atoms with E-state index in [1.54, 1.807) is 6.07 Å². The van der Waals surface area contributed by atoms with Crippen LogP contribution < -0.4 is 13.9 Å². The fourth-order valence-corrected chi connectivity index (χ4v) is 12.3. The Balaban J connectivity index is 1.02. The lowest BCUT2D eigenvalue weighted by Gasteiger charge is -2.42. The molecule has 1 aliphatic heterocycles. The minimum Gasteiger partial charge on any atom is -0.457 e. The van der Waals surface area contributed by atoms with Gasteiger partial charge in [0.2, 0.25) is 11.4 Å².